The molecule has 0 aliphatic carbocycles. The summed E-state index contributed by atoms with van der Waals surface area (Å²) >= 11 is 0. The molecule has 0 atom stereocenters. The summed E-state index contributed by atoms with van der Waals surface area (Å²) in [5.74, 6) is -0.357. The molecule has 1 aromatic rings. The van der Waals surface area contributed by atoms with E-state index in [0.717, 1.165) is 24.7 Å². The number of carbonyl (C=O) groups excluding carboxylic acids is 3. The van der Waals surface area contributed by atoms with Gasteiger partial charge in [-0.25, -0.2) is 4.79 Å². The van der Waals surface area contributed by atoms with Crippen molar-refractivity contribution in [1.82, 2.24) is 4.90 Å². The first kappa shape index (κ1) is 15.9. The standard InChI is InChI=1S/C17H19NO4/c1-22-17(21)15-5-2-13(3-6-15)4-7-16(20)18-10-8-14(12-19)9-11-18/h2-7,12,14H,8-11H2,1H3/b7-4+. The van der Waals surface area contributed by atoms with Crippen LogP contribution in [0.3, 0.4) is 0 Å². The second-order valence-electron chi connectivity index (χ2n) is 5.25. The molecule has 0 aromatic heterocycles. The number of hydrogen-bond acceptors (Lipinski definition) is 4. The van der Waals surface area contributed by atoms with Crippen LogP contribution in [0.25, 0.3) is 6.08 Å². The molecule has 116 valence electrons. The van der Waals surface area contributed by atoms with Crippen molar-refractivity contribution in [2.24, 2.45) is 5.92 Å². The topological polar surface area (TPSA) is 63.7 Å². The van der Waals surface area contributed by atoms with Crippen LogP contribution in [-0.2, 0) is 14.3 Å². The van der Waals surface area contributed by atoms with Gasteiger partial charge in [-0.05, 0) is 36.6 Å². The maximum absolute atomic E-state index is 12.1. The SMILES string of the molecule is COC(=O)c1ccc(/C=C/C(=O)N2CCC(C=O)CC2)cc1. The minimum atomic E-state index is -0.385. The maximum atomic E-state index is 12.1. The number of piperidine rings is 1. The summed E-state index contributed by atoms with van der Waals surface area (Å²) in [5.41, 5.74) is 1.31. The number of hydrogen-bond donors (Lipinski definition) is 0. The lowest BCUT2D eigenvalue weighted by Crippen LogP contribution is -2.37. The number of carbonyl (C=O) groups is 3. The molecule has 0 bridgehead atoms. The molecule has 22 heavy (non-hydrogen) atoms. The van der Waals surface area contributed by atoms with Crippen molar-refractivity contribution in [1.29, 1.82) is 0 Å². The maximum Gasteiger partial charge on any atom is 0.337 e. The molecule has 1 aliphatic heterocycles. The molecule has 0 saturated carbocycles. The molecule has 0 spiro atoms. The normalized spacial score (nSPS) is 15.8. The molecular formula is C17H19NO4. The first-order valence-electron chi connectivity index (χ1n) is 7.24. The molecule has 1 amide bonds. The second-order valence-corrected chi connectivity index (χ2v) is 5.25. The van der Waals surface area contributed by atoms with Gasteiger partial charge < -0.3 is 14.4 Å². The van der Waals surface area contributed by atoms with Gasteiger partial charge in [-0.15, -0.1) is 0 Å². The summed E-state index contributed by atoms with van der Waals surface area (Å²) in [6, 6.07) is 6.83. The van der Waals surface area contributed by atoms with E-state index in [2.05, 4.69) is 4.74 Å². The predicted molar refractivity (Wildman–Crippen MR) is 82.2 cm³/mol. The van der Waals surface area contributed by atoms with Crippen molar-refractivity contribution in [2.45, 2.75) is 12.8 Å². The van der Waals surface area contributed by atoms with Crippen LogP contribution in [0.4, 0.5) is 0 Å². The predicted octanol–water partition coefficient (Wildman–Crippen LogP) is 1.92. The average molecular weight is 301 g/mol. The molecule has 2 rings (SSSR count). The quantitative estimate of drug-likeness (QED) is 0.484. The van der Waals surface area contributed by atoms with Crippen LogP contribution in [0.1, 0.15) is 28.8 Å². The van der Waals surface area contributed by atoms with Crippen molar-refractivity contribution in [3.8, 4) is 0 Å². The highest BCUT2D eigenvalue weighted by atomic mass is 16.5. The van der Waals surface area contributed by atoms with Gasteiger partial charge in [0.2, 0.25) is 5.91 Å². The Morgan fingerprint density at radius 1 is 1.18 bits per heavy atom. The van der Waals surface area contributed by atoms with E-state index in [-0.39, 0.29) is 17.8 Å². The highest BCUT2D eigenvalue weighted by Gasteiger charge is 2.20. The van der Waals surface area contributed by atoms with E-state index in [1.165, 1.54) is 13.2 Å². The van der Waals surface area contributed by atoms with E-state index >= 15 is 0 Å². The monoisotopic (exact) mass is 301 g/mol. The van der Waals surface area contributed by atoms with Gasteiger partial charge in [0.25, 0.3) is 0 Å². The molecule has 1 aromatic carbocycles. The number of amides is 1. The molecule has 1 aliphatic rings. The van der Waals surface area contributed by atoms with Gasteiger partial charge in [0, 0.05) is 25.1 Å². The molecule has 5 heteroatoms. The zero-order chi connectivity index (χ0) is 15.9. The summed E-state index contributed by atoms with van der Waals surface area (Å²) < 4.78 is 4.63. The van der Waals surface area contributed by atoms with Crippen molar-refractivity contribution >= 4 is 24.2 Å². The summed E-state index contributed by atoms with van der Waals surface area (Å²) in [6.07, 6.45) is 5.68. The molecule has 1 heterocycles. The van der Waals surface area contributed by atoms with Crippen LogP contribution >= 0.6 is 0 Å². The van der Waals surface area contributed by atoms with Gasteiger partial charge in [-0.1, -0.05) is 12.1 Å². The Balaban J connectivity index is 1.92. The molecule has 0 radical (unpaired) electrons. The Labute approximate surface area is 129 Å². The lowest BCUT2D eigenvalue weighted by Gasteiger charge is -2.28. The number of likely N-dealkylation sites (tertiary alicyclic amines) is 1. The number of esters is 1. The number of benzene rings is 1. The fourth-order valence-electron chi connectivity index (χ4n) is 2.38. The number of ether oxygens (including phenoxy) is 1. The van der Waals surface area contributed by atoms with Crippen LogP contribution < -0.4 is 0 Å². The van der Waals surface area contributed by atoms with Crippen LogP contribution in [0.15, 0.2) is 30.3 Å². The zero-order valence-electron chi connectivity index (χ0n) is 12.5. The van der Waals surface area contributed by atoms with Crippen molar-refractivity contribution < 1.29 is 19.1 Å². The summed E-state index contributed by atoms with van der Waals surface area (Å²) in [4.78, 5) is 35.8. The molecule has 0 unspecified atom stereocenters. The van der Waals surface area contributed by atoms with Gasteiger partial charge in [-0.2, -0.15) is 0 Å². The molecule has 5 nitrogen and oxygen atoms in total. The van der Waals surface area contributed by atoms with E-state index in [1.54, 1.807) is 35.2 Å². The smallest absolute Gasteiger partial charge is 0.337 e. The highest BCUT2D eigenvalue weighted by molar-refractivity contribution is 5.92. The third-order valence-electron chi connectivity index (χ3n) is 3.79. The Morgan fingerprint density at radius 2 is 1.82 bits per heavy atom. The van der Waals surface area contributed by atoms with Crippen molar-refractivity contribution in [3.05, 3.63) is 41.5 Å². The van der Waals surface area contributed by atoms with E-state index in [4.69, 9.17) is 0 Å². The van der Waals surface area contributed by atoms with Crippen molar-refractivity contribution in [2.75, 3.05) is 20.2 Å². The van der Waals surface area contributed by atoms with Gasteiger partial charge in [-0.3, -0.25) is 4.79 Å². The van der Waals surface area contributed by atoms with Crippen LogP contribution in [0, 0.1) is 5.92 Å². The van der Waals surface area contributed by atoms with E-state index in [9.17, 15) is 14.4 Å². The lowest BCUT2D eigenvalue weighted by atomic mass is 9.98. The van der Waals surface area contributed by atoms with Gasteiger partial charge >= 0.3 is 5.97 Å². The Kier molecular flexibility index (Phi) is 5.47. The third-order valence-corrected chi connectivity index (χ3v) is 3.79. The number of methoxy groups -OCH3 is 1. The fourth-order valence-corrected chi connectivity index (χ4v) is 2.38. The van der Waals surface area contributed by atoms with Crippen molar-refractivity contribution in [3.63, 3.8) is 0 Å². The van der Waals surface area contributed by atoms with E-state index < -0.39 is 0 Å². The molecule has 1 saturated heterocycles. The number of aldehydes is 1. The Bertz CT molecular complexity index is 569. The summed E-state index contributed by atoms with van der Waals surface area (Å²) in [5, 5.41) is 0. The highest BCUT2D eigenvalue weighted by Crippen LogP contribution is 2.15. The number of rotatable bonds is 4. The van der Waals surface area contributed by atoms with E-state index in [1.807, 2.05) is 0 Å². The lowest BCUT2D eigenvalue weighted by molar-refractivity contribution is -0.128. The minimum Gasteiger partial charge on any atom is -0.465 e. The Morgan fingerprint density at radius 3 is 2.36 bits per heavy atom. The third kappa shape index (κ3) is 4.04. The Hall–Kier alpha value is -2.43. The van der Waals surface area contributed by atoms with E-state index in [0.29, 0.717) is 18.7 Å². The fraction of sp³-hybridized carbons (Fsp3) is 0.353. The summed E-state index contributed by atoms with van der Waals surface area (Å²) in [7, 11) is 1.34. The molecule has 1 fully saturated rings. The molecular weight excluding hydrogens is 282 g/mol. The average Bonchev–Trinajstić information content (AvgIpc) is 2.59. The van der Waals surface area contributed by atoms with Gasteiger partial charge in [0.1, 0.15) is 6.29 Å². The van der Waals surface area contributed by atoms with Gasteiger partial charge in [0.15, 0.2) is 0 Å². The minimum absolute atomic E-state index is 0.0543. The largest absolute Gasteiger partial charge is 0.465 e. The van der Waals surface area contributed by atoms with Crippen LogP contribution in [0.5, 0.6) is 0 Å². The first-order valence-corrected chi connectivity index (χ1v) is 7.24. The number of nitrogens with zero attached hydrogens (tertiary/aromatic N) is 1. The zero-order valence-corrected chi connectivity index (χ0v) is 12.5. The van der Waals surface area contributed by atoms with Crippen LogP contribution in [-0.4, -0.2) is 43.3 Å². The second kappa shape index (κ2) is 7.54. The summed E-state index contributed by atoms with van der Waals surface area (Å²) in [6.45, 7) is 1.24. The molecule has 0 N–H and O–H groups in total. The van der Waals surface area contributed by atoms with Gasteiger partial charge in [0.05, 0.1) is 12.7 Å². The van der Waals surface area contributed by atoms with Crippen LogP contribution in [0.2, 0.25) is 0 Å². The first-order chi connectivity index (χ1) is 10.6.